The van der Waals surface area contributed by atoms with E-state index in [1.807, 2.05) is 6.92 Å². The van der Waals surface area contributed by atoms with E-state index in [-0.39, 0.29) is 11.6 Å². The van der Waals surface area contributed by atoms with E-state index < -0.39 is 0 Å². The molecule has 1 saturated heterocycles. The van der Waals surface area contributed by atoms with Gasteiger partial charge in [0, 0.05) is 5.57 Å². The Bertz CT molecular complexity index is 254. The molecular weight excluding hydrogens is 208 g/mol. The van der Waals surface area contributed by atoms with E-state index in [2.05, 4.69) is 6.58 Å². The Morgan fingerprint density at radius 3 is 2.81 bits per heavy atom. The fraction of sp³-hybridized carbons (Fsp3) is 0.750. The summed E-state index contributed by atoms with van der Waals surface area (Å²) in [7, 11) is 0. The highest BCUT2D eigenvalue weighted by Crippen LogP contribution is 2.21. The Hall–Kier alpha value is -0.870. The second kappa shape index (κ2) is 6.01. The van der Waals surface area contributed by atoms with Crippen LogP contribution < -0.4 is 0 Å². The largest absolute Gasteiger partial charge is 0.462 e. The van der Waals surface area contributed by atoms with Gasteiger partial charge in [-0.05, 0) is 26.7 Å². The van der Waals surface area contributed by atoms with Crippen molar-refractivity contribution >= 4 is 5.97 Å². The van der Waals surface area contributed by atoms with Crippen LogP contribution in [0.2, 0.25) is 0 Å². The summed E-state index contributed by atoms with van der Waals surface area (Å²) < 4.78 is 16.0. The van der Waals surface area contributed by atoms with Gasteiger partial charge in [-0.25, -0.2) is 4.79 Å². The Morgan fingerprint density at radius 2 is 2.25 bits per heavy atom. The van der Waals surface area contributed by atoms with Crippen molar-refractivity contribution in [2.24, 2.45) is 0 Å². The Labute approximate surface area is 96.6 Å². The van der Waals surface area contributed by atoms with Gasteiger partial charge in [0.1, 0.15) is 0 Å². The molecule has 0 spiro atoms. The molecule has 0 saturated carbocycles. The molecule has 0 aromatic carbocycles. The molecule has 0 aromatic heterocycles. The molecule has 1 rings (SSSR count). The first kappa shape index (κ1) is 13.2. The van der Waals surface area contributed by atoms with Gasteiger partial charge in [-0.2, -0.15) is 0 Å². The second-order valence-corrected chi connectivity index (χ2v) is 4.37. The summed E-state index contributed by atoms with van der Waals surface area (Å²) in [6, 6.07) is 0. The quantitative estimate of drug-likeness (QED) is 0.408. The average Bonchev–Trinajstić information content (AvgIpc) is 2.25. The van der Waals surface area contributed by atoms with Crippen molar-refractivity contribution in [2.45, 2.75) is 32.3 Å². The first-order valence-electron chi connectivity index (χ1n) is 5.58. The summed E-state index contributed by atoms with van der Waals surface area (Å²) in [5.74, 6) is -0.328. The van der Waals surface area contributed by atoms with Crippen LogP contribution in [-0.4, -0.2) is 38.0 Å². The molecule has 0 amide bonds. The molecule has 1 fully saturated rings. The van der Waals surface area contributed by atoms with Gasteiger partial charge in [-0.3, -0.25) is 0 Å². The van der Waals surface area contributed by atoms with Crippen LogP contribution in [0.1, 0.15) is 26.7 Å². The van der Waals surface area contributed by atoms with Crippen LogP contribution in [0, 0.1) is 0 Å². The smallest absolute Gasteiger partial charge is 0.333 e. The van der Waals surface area contributed by atoms with Crippen LogP contribution >= 0.6 is 0 Å². The summed E-state index contributed by atoms with van der Waals surface area (Å²) in [4.78, 5) is 11.1. The number of carbonyl (C=O) groups is 1. The molecule has 0 bridgehead atoms. The minimum Gasteiger partial charge on any atom is -0.462 e. The zero-order chi connectivity index (χ0) is 12.0. The van der Waals surface area contributed by atoms with Crippen LogP contribution in [0.15, 0.2) is 12.2 Å². The molecule has 16 heavy (non-hydrogen) atoms. The number of carbonyl (C=O) groups excluding carboxylic acids is 1. The van der Waals surface area contributed by atoms with Crippen molar-refractivity contribution in [3.63, 3.8) is 0 Å². The van der Waals surface area contributed by atoms with Crippen molar-refractivity contribution in [1.29, 1.82) is 0 Å². The Balaban J connectivity index is 2.14. The highest BCUT2D eigenvalue weighted by molar-refractivity contribution is 5.86. The molecule has 0 N–H and O–H groups in total. The van der Waals surface area contributed by atoms with Gasteiger partial charge < -0.3 is 14.2 Å². The predicted molar refractivity (Wildman–Crippen MR) is 60.2 cm³/mol. The Kier molecular flexibility index (Phi) is 4.96. The van der Waals surface area contributed by atoms with Crippen LogP contribution in [0.3, 0.4) is 0 Å². The predicted octanol–water partition coefficient (Wildman–Crippen LogP) is 1.69. The molecule has 4 nitrogen and oxygen atoms in total. The number of ether oxygens (including phenoxy) is 3. The van der Waals surface area contributed by atoms with Crippen molar-refractivity contribution < 1.29 is 19.0 Å². The average molecular weight is 228 g/mol. The summed E-state index contributed by atoms with van der Waals surface area (Å²) in [5, 5.41) is 0. The highest BCUT2D eigenvalue weighted by Gasteiger charge is 2.28. The molecule has 1 aliphatic rings. The number of hydrogen-bond donors (Lipinski definition) is 0. The van der Waals surface area contributed by atoms with E-state index in [0.29, 0.717) is 32.0 Å². The van der Waals surface area contributed by atoms with E-state index in [0.717, 1.165) is 12.8 Å². The van der Waals surface area contributed by atoms with Crippen molar-refractivity contribution in [1.82, 2.24) is 0 Å². The SMILES string of the molecule is C=C(C)C(=O)OCCCC1(C)COCCO1. The fourth-order valence-electron chi connectivity index (χ4n) is 1.56. The van der Waals surface area contributed by atoms with Gasteiger partial charge in [0.15, 0.2) is 0 Å². The number of esters is 1. The normalized spacial score (nSPS) is 25.1. The number of hydrogen-bond acceptors (Lipinski definition) is 4. The second-order valence-electron chi connectivity index (χ2n) is 4.37. The molecule has 92 valence electrons. The first-order valence-corrected chi connectivity index (χ1v) is 5.58. The van der Waals surface area contributed by atoms with E-state index in [1.165, 1.54) is 0 Å². The van der Waals surface area contributed by atoms with E-state index in [4.69, 9.17) is 14.2 Å². The maximum atomic E-state index is 11.1. The molecule has 1 aliphatic heterocycles. The summed E-state index contributed by atoms with van der Waals surface area (Å²) >= 11 is 0. The topological polar surface area (TPSA) is 44.8 Å². The van der Waals surface area contributed by atoms with E-state index in [1.54, 1.807) is 6.92 Å². The lowest BCUT2D eigenvalue weighted by Crippen LogP contribution is -2.40. The highest BCUT2D eigenvalue weighted by atomic mass is 16.6. The molecule has 0 radical (unpaired) electrons. The lowest BCUT2D eigenvalue weighted by Gasteiger charge is -2.33. The summed E-state index contributed by atoms with van der Waals surface area (Å²) in [5.41, 5.74) is 0.205. The molecule has 1 unspecified atom stereocenters. The molecule has 0 aromatic rings. The van der Waals surface area contributed by atoms with Gasteiger partial charge >= 0.3 is 5.97 Å². The summed E-state index contributed by atoms with van der Waals surface area (Å²) in [6.45, 7) is 9.51. The molecule has 0 aliphatic carbocycles. The monoisotopic (exact) mass is 228 g/mol. The molecule has 1 heterocycles. The van der Waals surface area contributed by atoms with Crippen LogP contribution in [0.25, 0.3) is 0 Å². The van der Waals surface area contributed by atoms with Gasteiger partial charge in [0.05, 0.1) is 32.0 Å². The van der Waals surface area contributed by atoms with Gasteiger partial charge in [-0.15, -0.1) is 0 Å². The van der Waals surface area contributed by atoms with E-state index >= 15 is 0 Å². The molecular formula is C12H20O4. The fourth-order valence-corrected chi connectivity index (χ4v) is 1.56. The zero-order valence-corrected chi connectivity index (χ0v) is 10.1. The minimum atomic E-state index is -0.328. The van der Waals surface area contributed by atoms with E-state index in [9.17, 15) is 4.79 Å². The van der Waals surface area contributed by atoms with Gasteiger partial charge in [0.2, 0.25) is 0 Å². The third-order valence-electron chi connectivity index (χ3n) is 2.52. The van der Waals surface area contributed by atoms with Gasteiger partial charge in [-0.1, -0.05) is 6.58 Å². The van der Waals surface area contributed by atoms with Crippen LogP contribution in [-0.2, 0) is 19.0 Å². The maximum absolute atomic E-state index is 11.1. The summed E-state index contributed by atoms with van der Waals surface area (Å²) in [6.07, 6.45) is 1.61. The lowest BCUT2D eigenvalue weighted by atomic mass is 10.0. The first-order chi connectivity index (χ1) is 7.53. The van der Waals surface area contributed by atoms with Crippen molar-refractivity contribution in [3.8, 4) is 0 Å². The van der Waals surface area contributed by atoms with Gasteiger partial charge in [0.25, 0.3) is 0 Å². The van der Waals surface area contributed by atoms with Crippen LogP contribution in [0.4, 0.5) is 0 Å². The Morgan fingerprint density at radius 1 is 1.50 bits per heavy atom. The zero-order valence-electron chi connectivity index (χ0n) is 10.1. The standard InChI is InChI=1S/C12H20O4/c1-10(2)11(13)15-6-4-5-12(3)9-14-7-8-16-12/h1,4-9H2,2-3H3. The van der Waals surface area contributed by atoms with Crippen LogP contribution in [0.5, 0.6) is 0 Å². The lowest BCUT2D eigenvalue weighted by molar-refractivity contribution is -0.154. The third kappa shape index (κ3) is 4.33. The molecule has 4 heteroatoms. The van der Waals surface area contributed by atoms with Crippen molar-refractivity contribution in [3.05, 3.63) is 12.2 Å². The molecule has 1 atom stereocenters. The maximum Gasteiger partial charge on any atom is 0.333 e. The minimum absolute atomic E-state index is 0.228. The van der Waals surface area contributed by atoms with Crippen molar-refractivity contribution in [2.75, 3.05) is 26.4 Å². The number of rotatable bonds is 5. The third-order valence-corrected chi connectivity index (χ3v) is 2.52.